The molecule has 0 bridgehead atoms. The van der Waals surface area contributed by atoms with E-state index in [4.69, 9.17) is 19.7 Å². The highest BCUT2D eigenvalue weighted by atomic mass is 16.6. The van der Waals surface area contributed by atoms with Gasteiger partial charge in [-0.2, -0.15) is 0 Å². The average Bonchev–Trinajstić information content (AvgIpc) is 2.81. The van der Waals surface area contributed by atoms with Gasteiger partial charge in [0.1, 0.15) is 48.8 Å². The Morgan fingerprint density at radius 2 is 0.944 bits per heavy atom. The van der Waals surface area contributed by atoms with E-state index in [0.717, 1.165) is 0 Å². The molecule has 2 heterocycles. The zero-order valence-corrected chi connectivity index (χ0v) is 9.53. The molecule has 0 aliphatic carbocycles. The Bertz CT molecular complexity index is 259. The van der Waals surface area contributed by atoms with Crippen molar-refractivity contribution in [1.82, 2.24) is 0 Å². The lowest BCUT2D eigenvalue weighted by Gasteiger charge is -2.23. The molecule has 8 nitrogen and oxygen atoms in total. The van der Waals surface area contributed by atoms with Crippen LogP contribution in [0, 0.1) is 0 Å². The smallest absolute Gasteiger partial charge is 0.115 e. The summed E-state index contributed by atoms with van der Waals surface area (Å²) in [6.45, 7) is -0.965. The third-order valence-electron chi connectivity index (χ3n) is 3.48. The standard InChI is InChI=1S/C10H18O8/c11-1-3-5(13)7(15)9(17-3)10-8(16)6(14)4(2-12)18-10/h3-16H,1-2H2/t3-,4-,5-,6-,7-,8?,9?,10?/m1/s1. The molecule has 0 aromatic carbocycles. The number of hydrogen-bond donors (Lipinski definition) is 6. The zero-order chi connectivity index (χ0) is 13.4. The fourth-order valence-electron chi connectivity index (χ4n) is 2.40. The van der Waals surface area contributed by atoms with Crippen molar-refractivity contribution in [1.29, 1.82) is 0 Å². The molecule has 8 heteroatoms. The van der Waals surface area contributed by atoms with Crippen molar-refractivity contribution < 1.29 is 40.1 Å². The van der Waals surface area contributed by atoms with Crippen LogP contribution in [0.5, 0.6) is 0 Å². The van der Waals surface area contributed by atoms with Crippen LogP contribution in [-0.2, 0) is 9.47 Å². The van der Waals surface area contributed by atoms with E-state index in [1.165, 1.54) is 0 Å². The number of ether oxygens (including phenoxy) is 2. The molecule has 18 heavy (non-hydrogen) atoms. The van der Waals surface area contributed by atoms with E-state index < -0.39 is 62.0 Å². The molecule has 2 rings (SSSR count). The van der Waals surface area contributed by atoms with E-state index in [9.17, 15) is 20.4 Å². The lowest BCUT2D eigenvalue weighted by Crippen LogP contribution is -2.45. The van der Waals surface area contributed by atoms with Gasteiger partial charge in [-0.15, -0.1) is 0 Å². The summed E-state index contributed by atoms with van der Waals surface area (Å²) in [5.41, 5.74) is 0. The number of aliphatic hydroxyl groups excluding tert-OH is 6. The third-order valence-corrected chi connectivity index (χ3v) is 3.48. The summed E-state index contributed by atoms with van der Waals surface area (Å²) in [6.07, 6.45) is -9.34. The first-order valence-corrected chi connectivity index (χ1v) is 5.76. The van der Waals surface area contributed by atoms with Crippen LogP contribution in [0.15, 0.2) is 0 Å². The maximum Gasteiger partial charge on any atom is 0.115 e. The second-order valence-electron chi connectivity index (χ2n) is 4.61. The highest BCUT2D eigenvalue weighted by Gasteiger charge is 2.54. The molecule has 2 fully saturated rings. The van der Waals surface area contributed by atoms with Crippen LogP contribution in [0.3, 0.4) is 0 Å². The van der Waals surface area contributed by atoms with Crippen molar-refractivity contribution in [2.75, 3.05) is 13.2 Å². The normalized spacial score (nSPS) is 53.0. The number of rotatable bonds is 3. The van der Waals surface area contributed by atoms with Crippen LogP contribution in [0.2, 0.25) is 0 Å². The summed E-state index contributed by atoms with van der Waals surface area (Å²) in [7, 11) is 0. The summed E-state index contributed by atoms with van der Waals surface area (Å²) in [5, 5.41) is 56.6. The highest BCUT2D eigenvalue weighted by Crippen LogP contribution is 2.32. The Kier molecular flexibility index (Phi) is 4.19. The van der Waals surface area contributed by atoms with Gasteiger partial charge in [0.25, 0.3) is 0 Å². The van der Waals surface area contributed by atoms with Gasteiger partial charge < -0.3 is 40.1 Å². The maximum atomic E-state index is 9.76. The van der Waals surface area contributed by atoms with Gasteiger partial charge >= 0.3 is 0 Å². The average molecular weight is 266 g/mol. The van der Waals surface area contributed by atoms with E-state index in [-0.39, 0.29) is 0 Å². The summed E-state index contributed by atoms with van der Waals surface area (Å²) in [5.74, 6) is 0. The highest BCUT2D eigenvalue weighted by molar-refractivity contribution is 5.02. The number of aliphatic hydroxyl groups is 6. The fraction of sp³-hybridized carbons (Fsp3) is 1.00. The van der Waals surface area contributed by atoms with Crippen molar-refractivity contribution in [3.8, 4) is 0 Å². The van der Waals surface area contributed by atoms with Crippen LogP contribution >= 0.6 is 0 Å². The molecule has 6 N–H and O–H groups in total. The maximum absolute atomic E-state index is 9.76. The molecule has 3 unspecified atom stereocenters. The van der Waals surface area contributed by atoms with Crippen LogP contribution in [-0.4, -0.2) is 92.7 Å². The first-order valence-electron chi connectivity index (χ1n) is 5.76. The molecular formula is C10H18O8. The summed E-state index contributed by atoms with van der Waals surface area (Å²) < 4.78 is 10.4. The van der Waals surface area contributed by atoms with Gasteiger partial charge in [-0.05, 0) is 0 Å². The topological polar surface area (TPSA) is 140 Å². The molecule has 106 valence electrons. The Hall–Kier alpha value is -0.320. The lowest BCUT2D eigenvalue weighted by molar-refractivity contribution is -0.121. The van der Waals surface area contributed by atoms with Gasteiger partial charge in [0, 0.05) is 0 Å². The van der Waals surface area contributed by atoms with Crippen LogP contribution in [0.1, 0.15) is 0 Å². The molecule has 0 amide bonds. The summed E-state index contributed by atoms with van der Waals surface area (Å²) >= 11 is 0. The molecule has 0 aromatic rings. The Morgan fingerprint density at radius 1 is 0.611 bits per heavy atom. The van der Waals surface area contributed by atoms with E-state index in [0.29, 0.717) is 0 Å². The quantitative estimate of drug-likeness (QED) is 0.303. The monoisotopic (exact) mass is 266 g/mol. The Balaban J connectivity index is 2.09. The van der Waals surface area contributed by atoms with Gasteiger partial charge in [0.15, 0.2) is 0 Å². The molecule has 0 aromatic heterocycles. The molecular weight excluding hydrogens is 248 g/mol. The van der Waals surface area contributed by atoms with Gasteiger partial charge in [0.2, 0.25) is 0 Å². The van der Waals surface area contributed by atoms with E-state index in [2.05, 4.69) is 0 Å². The SMILES string of the molecule is OC[C@H]1OC(C2O[C@H](CO)[C@@H](O)C2O)[C@H](O)[C@@H]1O. The largest absolute Gasteiger partial charge is 0.394 e. The molecule has 2 aliphatic rings. The second-order valence-corrected chi connectivity index (χ2v) is 4.61. The van der Waals surface area contributed by atoms with E-state index in [1.54, 1.807) is 0 Å². The molecule has 8 atom stereocenters. The van der Waals surface area contributed by atoms with Gasteiger partial charge in [-0.1, -0.05) is 0 Å². The summed E-state index contributed by atoms with van der Waals surface area (Å²) in [6, 6.07) is 0. The molecule has 2 aliphatic heterocycles. The second kappa shape index (κ2) is 5.35. The number of hydrogen-bond acceptors (Lipinski definition) is 8. The van der Waals surface area contributed by atoms with Gasteiger partial charge in [-0.3, -0.25) is 0 Å². The minimum atomic E-state index is -1.34. The predicted octanol–water partition coefficient (Wildman–Crippen LogP) is -4.05. The Labute approximate surface area is 103 Å². The molecule has 0 spiro atoms. The molecule has 0 radical (unpaired) electrons. The molecule has 2 saturated heterocycles. The lowest BCUT2D eigenvalue weighted by atomic mass is 9.99. The van der Waals surface area contributed by atoms with Gasteiger partial charge in [0.05, 0.1) is 13.2 Å². The summed E-state index contributed by atoms with van der Waals surface area (Å²) in [4.78, 5) is 0. The van der Waals surface area contributed by atoms with Gasteiger partial charge in [-0.25, -0.2) is 0 Å². The van der Waals surface area contributed by atoms with Crippen molar-refractivity contribution >= 4 is 0 Å². The van der Waals surface area contributed by atoms with Crippen LogP contribution < -0.4 is 0 Å². The van der Waals surface area contributed by atoms with E-state index >= 15 is 0 Å². The fourth-order valence-corrected chi connectivity index (χ4v) is 2.40. The van der Waals surface area contributed by atoms with Crippen molar-refractivity contribution in [3.63, 3.8) is 0 Å². The predicted molar refractivity (Wildman–Crippen MR) is 55.5 cm³/mol. The Morgan fingerprint density at radius 3 is 1.17 bits per heavy atom. The third kappa shape index (κ3) is 2.15. The minimum Gasteiger partial charge on any atom is -0.394 e. The molecule has 0 saturated carbocycles. The van der Waals surface area contributed by atoms with Crippen molar-refractivity contribution in [3.05, 3.63) is 0 Å². The van der Waals surface area contributed by atoms with Crippen LogP contribution in [0.25, 0.3) is 0 Å². The minimum absolute atomic E-state index is 0.483. The van der Waals surface area contributed by atoms with Crippen molar-refractivity contribution in [2.24, 2.45) is 0 Å². The first kappa shape index (κ1) is 14.1. The zero-order valence-electron chi connectivity index (χ0n) is 9.53. The van der Waals surface area contributed by atoms with Crippen molar-refractivity contribution in [2.45, 2.75) is 48.8 Å². The first-order chi connectivity index (χ1) is 8.51. The van der Waals surface area contributed by atoms with E-state index in [1.807, 2.05) is 0 Å². The van der Waals surface area contributed by atoms with Crippen LogP contribution in [0.4, 0.5) is 0 Å².